The molecule has 0 aliphatic heterocycles. The highest BCUT2D eigenvalue weighted by Gasteiger charge is 2.28. The first-order valence-electron chi connectivity index (χ1n) is 10.5. The predicted molar refractivity (Wildman–Crippen MR) is 117 cm³/mol. The van der Waals surface area contributed by atoms with E-state index in [4.69, 9.17) is 5.73 Å². The molecule has 0 aromatic rings. The second kappa shape index (κ2) is 19.0. The van der Waals surface area contributed by atoms with Gasteiger partial charge in [0.05, 0.1) is 0 Å². The average molecular weight is 418 g/mol. The Morgan fingerprint density at radius 2 is 1.34 bits per heavy atom. The molecular weight excluding hydrogens is 374 g/mol. The lowest BCUT2D eigenvalue weighted by molar-refractivity contribution is -0.133. The third-order valence-corrected chi connectivity index (χ3v) is 3.62. The van der Waals surface area contributed by atoms with E-state index in [2.05, 4.69) is 21.3 Å². The largest absolute Gasteiger partial charge is 0.357 e. The molecule has 0 saturated heterocycles. The fourth-order valence-corrected chi connectivity index (χ4v) is 2.08. The van der Waals surface area contributed by atoms with E-state index in [9.17, 15) is 19.2 Å². The van der Waals surface area contributed by atoms with Crippen molar-refractivity contribution in [2.24, 2.45) is 17.6 Å². The third kappa shape index (κ3) is 15.3. The number of carbonyl (C=O) groups is 4. The van der Waals surface area contributed by atoms with Crippen molar-refractivity contribution in [2.45, 2.75) is 80.3 Å². The minimum absolute atomic E-state index is 0.135. The summed E-state index contributed by atoms with van der Waals surface area (Å²) in [5, 5.41) is 10.3. The number of amides is 5. The summed E-state index contributed by atoms with van der Waals surface area (Å²) in [6.45, 7) is 15.4. The van der Waals surface area contributed by atoms with E-state index < -0.39 is 24.0 Å². The van der Waals surface area contributed by atoms with Crippen molar-refractivity contribution in [3.63, 3.8) is 0 Å². The van der Waals surface area contributed by atoms with Crippen molar-refractivity contribution in [3.8, 4) is 0 Å². The summed E-state index contributed by atoms with van der Waals surface area (Å²) >= 11 is 0. The molecule has 0 spiro atoms. The lowest BCUT2D eigenvalue weighted by Gasteiger charge is -2.25. The topological polar surface area (TPSA) is 142 Å². The molecule has 0 radical (unpaired) electrons. The molecule has 29 heavy (non-hydrogen) atoms. The zero-order valence-corrected chi connectivity index (χ0v) is 19.6. The number of hydrogen-bond donors (Lipinski definition) is 5. The Kier molecular flexibility index (Phi) is 20.6. The summed E-state index contributed by atoms with van der Waals surface area (Å²) in [4.78, 5) is 47.0. The quantitative estimate of drug-likeness (QED) is 0.343. The Labute approximate surface area is 176 Å². The van der Waals surface area contributed by atoms with Crippen molar-refractivity contribution in [1.29, 1.82) is 0 Å². The Morgan fingerprint density at radius 3 is 1.72 bits per heavy atom. The second-order valence-corrected chi connectivity index (χ2v) is 6.49. The van der Waals surface area contributed by atoms with E-state index in [1.54, 1.807) is 13.8 Å². The molecule has 5 amide bonds. The fraction of sp³-hybridized carbons (Fsp3) is 0.800. The van der Waals surface area contributed by atoms with Crippen LogP contribution in [0.4, 0.5) is 4.79 Å². The molecule has 0 bridgehead atoms. The van der Waals surface area contributed by atoms with E-state index in [1.807, 2.05) is 41.5 Å². The van der Waals surface area contributed by atoms with Crippen LogP contribution in [-0.2, 0) is 14.4 Å². The molecule has 2 unspecified atom stereocenters. The average Bonchev–Trinajstić information content (AvgIpc) is 2.69. The van der Waals surface area contributed by atoms with Crippen molar-refractivity contribution in [3.05, 3.63) is 0 Å². The van der Waals surface area contributed by atoms with Gasteiger partial charge in [0.1, 0.15) is 12.1 Å². The van der Waals surface area contributed by atoms with Crippen molar-refractivity contribution in [1.82, 2.24) is 21.3 Å². The van der Waals surface area contributed by atoms with Gasteiger partial charge in [-0.05, 0) is 18.8 Å². The maximum absolute atomic E-state index is 12.5. The van der Waals surface area contributed by atoms with E-state index in [0.29, 0.717) is 19.4 Å². The van der Waals surface area contributed by atoms with Crippen LogP contribution in [-0.4, -0.2) is 49.4 Å². The van der Waals surface area contributed by atoms with Crippen LogP contribution in [0.1, 0.15) is 68.2 Å². The predicted octanol–water partition coefficient (Wildman–Crippen LogP) is 1.51. The smallest absolute Gasteiger partial charge is 0.312 e. The van der Waals surface area contributed by atoms with Crippen LogP contribution < -0.4 is 27.0 Å². The van der Waals surface area contributed by atoms with E-state index in [-0.39, 0.29) is 23.7 Å². The number of hydrogen-bond acceptors (Lipinski definition) is 4. The zero-order valence-electron chi connectivity index (χ0n) is 19.6. The van der Waals surface area contributed by atoms with Gasteiger partial charge in [-0.15, -0.1) is 0 Å². The summed E-state index contributed by atoms with van der Waals surface area (Å²) in [7, 11) is 1.48. The number of rotatable bonds is 10. The standard InChI is InChI=1S/C16H31N5O4.2C2H6/c1-9(2)12(21-13(22)10(3)4)15(24)20-11(14(23)18-5)7-6-8-19-16(17)25;2*1-2/h9-12H,6-8H2,1-5H3,(H,18,23)(H,20,24)(H,21,22)(H3,17,19,25);2*1-2H3. The van der Waals surface area contributed by atoms with Crippen molar-refractivity contribution in [2.75, 3.05) is 13.6 Å². The number of likely N-dealkylation sites (N-methyl/N-ethyl adjacent to an activating group) is 1. The van der Waals surface area contributed by atoms with Gasteiger partial charge >= 0.3 is 6.03 Å². The first-order chi connectivity index (χ1) is 13.6. The second-order valence-electron chi connectivity index (χ2n) is 6.49. The van der Waals surface area contributed by atoms with Crippen LogP contribution in [0.5, 0.6) is 0 Å². The van der Waals surface area contributed by atoms with E-state index >= 15 is 0 Å². The molecule has 9 nitrogen and oxygen atoms in total. The van der Waals surface area contributed by atoms with Gasteiger partial charge in [0.25, 0.3) is 0 Å². The van der Waals surface area contributed by atoms with E-state index in [0.717, 1.165) is 0 Å². The lowest BCUT2D eigenvalue weighted by Crippen LogP contribution is -2.55. The minimum atomic E-state index is -0.760. The number of nitrogens with two attached hydrogens (primary N) is 1. The molecule has 0 fully saturated rings. The van der Waals surface area contributed by atoms with Crippen LogP contribution in [0.25, 0.3) is 0 Å². The molecule has 6 N–H and O–H groups in total. The van der Waals surface area contributed by atoms with Gasteiger partial charge in [-0.2, -0.15) is 0 Å². The van der Waals surface area contributed by atoms with Crippen molar-refractivity contribution < 1.29 is 19.2 Å². The normalized spacial score (nSPS) is 11.7. The molecular formula is C20H43N5O4. The molecule has 0 aliphatic rings. The number of primary amides is 1. The number of carbonyl (C=O) groups excluding carboxylic acids is 4. The molecule has 2 atom stereocenters. The van der Waals surface area contributed by atoms with Crippen LogP contribution >= 0.6 is 0 Å². The molecule has 0 rings (SSSR count). The maximum atomic E-state index is 12.5. The maximum Gasteiger partial charge on any atom is 0.312 e. The van der Waals surface area contributed by atoms with Crippen LogP contribution in [0.15, 0.2) is 0 Å². The van der Waals surface area contributed by atoms with Gasteiger partial charge in [0, 0.05) is 19.5 Å². The highest BCUT2D eigenvalue weighted by atomic mass is 16.2. The molecule has 172 valence electrons. The van der Waals surface area contributed by atoms with Gasteiger partial charge in [-0.3, -0.25) is 14.4 Å². The van der Waals surface area contributed by atoms with Crippen LogP contribution in [0, 0.1) is 11.8 Å². The summed E-state index contributed by atoms with van der Waals surface area (Å²) in [6.07, 6.45) is 0.792. The Morgan fingerprint density at radius 1 is 0.828 bits per heavy atom. The molecule has 0 aliphatic carbocycles. The number of nitrogens with one attached hydrogen (secondary N) is 4. The molecule has 9 heteroatoms. The van der Waals surface area contributed by atoms with Gasteiger partial charge in [0.2, 0.25) is 17.7 Å². The Bertz CT molecular complexity index is 481. The van der Waals surface area contributed by atoms with Gasteiger partial charge < -0.3 is 27.0 Å². The third-order valence-electron chi connectivity index (χ3n) is 3.62. The summed E-state index contributed by atoms with van der Waals surface area (Å²) in [5.41, 5.74) is 4.98. The van der Waals surface area contributed by atoms with Crippen LogP contribution in [0.2, 0.25) is 0 Å². The minimum Gasteiger partial charge on any atom is -0.357 e. The van der Waals surface area contributed by atoms with Crippen molar-refractivity contribution >= 4 is 23.8 Å². The summed E-state index contributed by atoms with van der Waals surface area (Å²) < 4.78 is 0. The first-order valence-corrected chi connectivity index (χ1v) is 10.5. The highest BCUT2D eigenvalue weighted by molar-refractivity contribution is 5.92. The van der Waals surface area contributed by atoms with E-state index in [1.165, 1.54) is 7.05 Å². The SMILES string of the molecule is CC.CC.CNC(=O)C(CCCNC(N)=O)NC(=O)C(NC(=O)C(C)C)C(C)C. The van der Waals surface area contributed by atoms with Gasteiger partial charge in [0.15, 0.2) is 0 Å². The fourth-order valence-electron chi connectivity index (χ4n) is 2.08. The summed E-state index contributed by atoms with van der Waals surface area (Å²) in [5.74, 6) is -1.37. The Balaban J connectivity index is -0.00000158. The zero-order chi connectivity index (χ0) is 23.6. The molecule has 0 aromatic carbocycles. The van der Waals surface area contributed by atoms with Crippen LogP contribution in [0.3, 0.4) is 0 Å². The van der Waals surface area contributed by atoms with Gasteiger partial charge in [-0.25, -0.2) is 4.79 Å². The Hall–Kier alpha value is -2.32. The molecule has 0 saturated carbocycles. The first kappa shape index (κ1) is 31.4. The highest BCUT2D eigenvalue weighted by Crippen LogP contribution is 2.06. The molecule has 0 heterocycles. The lowest BCUT2D eigenvalue weighted by atomic mass is 10.0. The monoisotopic (exact) mass is 417 g/mol. The molecule has 0 aromatic heterocycles. The number of urea groups is 1. The summed E-state index contributed by atoms with van der Waals surface area (Å²) in [6, 6.07) is -2.13. The van der Waals surface area contributed by atoms with Gasteiger partial charge in [-0.1, -0.05) is 55.4 Å².